The van der Waals surface area contributed by atoms with Crippen LogP contribution in [0.5, 0.6) is 0 Å². The van der Waals surface area contributed by atoms with Crippen LogP contribution in [-0.2, 0) is 4.74 Å². The summed E-state index contributed by atoms with van der Waals surface area (Å²) >= 11 is 2.30. The third-order valence-corrected chi connectivity index (χ3v) is 4.18. The normalized spacial score (nSPS) is 17.9. The van der Waals surface area contributed by atoms with E-state index >= 15 is 0 Å². The van der Waals surface area contributed by atoms with Gasteiger partial charge < -0.3 is 15.8 Å². The molecule has 0 saturated heterocycles. The van der Waals surface area contributed by atoms with Gasteiger partial charge in [0, 0.05) is 28.6 Å². The number of hydrogen-bond donors (Lipinski definition) is 2. The third-order valence-electron chi connectivity index (χ3n) is 3.29. The monoisotopic (exact) mass is 332 g/mol. The molecular formula is C12H17IN2O. The van der Waals surface area contributed by atoms with Gasteiger partial charge in [-0.25, -0.2) is 0 Å². The van der Waals surface area contributed by atoms with Crippen molar-refractivity contribution in [2.45, 2.75) is 24.9 Å². The Morgan fingerprint density at radius 2 is 2.25 bits per heavy atom. The fourth-order valence-corrected chi connectivity index (χ4v) is 2.69. The van der Waals surface area contributed by atoms with Gasteiger partial charge in [-0.15, -0.1) is 0 Å². The molecule has 16 heavy (non-hydrogen) atoms. The summed E-state index contributed by atoms with van der Waals surface area (Å²) in [4.78, 5) is 0. The van der Waals surface area contributed by atoms with E-state index in [0.29, 0.717) is 0 Å². The molecule has 1 aliphatic carbocycles. The number of ether oxygens (including phenoxy) is 1. The lowest BCUT2D eigenvalue weighted by Crippen LogP contribution is -2.45. The van der Waals surface area contributed by atoms with Crippen LogP contribution >= 0.6 is 22.6 Å². The maximum atomic E-state index is 5.72. The molecule has 0 spiro atoms. The summed E-state index contributed by atoms with van der Waals surface area (Å²) in [5, 5.41) is 3.45. The van der Waals surface area contributed by atoms with Crippen molar-refractivity contribution in [3.05, 3.63) is 21.8 Å². The molecule has 4 heteroatoms. The Balaban J connectivity index is 1.99. The van der Waals surface area contributed by atoms with E-state index in [9.17, 15) is 0 Å². The van der Waals surface area contributed by atoms with E-state index < -0.39 is 0 Å². The molecule has 1 fully saturated rings. The second kappa shape index (κ2) is 4.79. The van der Waals surface area contributed by atoms with Crippen LogP contribution in [-0.4, -0.2) is 19.3 Å². The number of anilines is 2. The minimum Gasteiger partial charge on any atom is -0.399 e. The van der Waals surface area contributed by atoms with E-state index in [-0.39, 0.29) is 5.60 Å². The zero-order valence-electron chi connectivity index (χ0n) is 9.42. The number of nitrogen functional groups attached to an aromatic ring is 1. The highest BCUT2D eigenvalue weighted by atomic mass is 127. The standard InChI is InChI=1S/C12H17IN2O/c1-16-12(5-2-6-12)8-15-11-4-3-9(14)7-10(11)13/h3-4,7,15H,2,5-6,8,14H2,1H3. The molecule has 1 saturated carbocycles. The molecule has 1 aromatic rings. The second-order valence-electron chi connectivity index (χ2n) is 4.33. The fraction of sp³-hybridized carbons (Fsp3) is 0.500. The Kier molecular flexibility index (Phi) is 3.59. The summed E-state index contributed by atoms with van der Waals surface area (Å²) in [7, 11) is 1.80. The van der Waals surface area contributed by atoms with Crippen molar-refractivity contribution in [1.29, 1.82) is 0 Å². The zero-order chi connectivity index (χ0) is 11.6. The summed E-state index contributed by atoms with van der Waals surface area (Å²) < 4.78 is 6.73. The molecular weight excluding hydrogens is 315 g/mol. The number of rotatable bonds is 4. The molecule has 3 nitrogen and oxygen atoms in total. The molecule has 0 amide bonds. The van der Waals surface area contributed by atoms with Gasteiger partial charge in [0.25, 0.3) is 0 Å². The van der Waals surface area contributed by atoms with Crippen LogP contribution in [0.2, 0.25) is 0 Å². The molecule has 0 atom stereocenters. The van der Waals surface area contributed by atoms with Gasteiger partial charge in [0.1, 0.15) is 0 Å². The number of halogens is 1. The molecule has 1 aromatic carbocycles. The van der Waals surface area contributed by atoms with Crippen LogP contribution in [0.1, 0.15) is 19.3 Å². The number of hydrogen-bond acceptors (Lipinski definition) is 3. The SMILES string of the molecule is COC1(CNc2ccc(N)cc2I)CCC1. The molecule has 0 aromatic heterocycles. The van der Waals surface area contributed by atoms with Crippen LogP contribution < -0.4 is 11.1 Å². The van der Waals surface area contributed by atoms with Crippen molar-refractivity contribution in [3.8, 4) is 0 Å². The Morgan fingerprint density at radius 3 is 2.75 bits per heavy atom. The van der Waals surface area contributed by atoms with E-state index in [4.69, 9.17) is 10.5 Å². The molecule has 3 N–H and O–H groups in total. The minimum atomic E-state index is 0.0600. The molecule has 2 rings (SSSR count). The van der Waals surface area contributed by atoms with E-state index in [0.717, 1.165) is 34.3 Å². The first-order valence-electron chi connectivity index (χ1n) is 5.49. The molecule has 0 bridgehead atoms. The average molecular weight is 332 g/mol. The van der Waals surface area contributed by atoms with Crippen molar-refractivity contribution < 1.29 is 4.74 Å². The predicted molar refractivity (Wildman–Crippen MR) is 75.7 cm³/mol. The Morgan fingerprint density at radius 1 is 1.50 bits per heavy atom. The van der Waals surface area contributed by atoms with Gasteiger partial charge in [0.2, 0.25) is 0 Å². The number of nitrogens with one attached hydrogen (secondary N) is 1. The second-order valence-corrected chi connectivity index (χ2v) is 5.50. The third kappa shape index (κ3) is 2.43. The first kappa shape index (κ1) is 12.0. The summed E-state index contributed by atoms with van der Waals surface area (Å²) in [5.41, 5.74) is 7.72. The molecule has 0 heterocycles. The Labute approximate surface area is 110 Å². The summed E-state index contributed by atoms with van der Waals surface area (Å²) in [6.07, 6.45) is 3.58. The van der Waals surface area contributed by atoms with Crippen LogP contribution in [0.4, 0.5) is 11.4 Å². The number of benzene rings is 1. The lowest BCUT2D eigenvalue weighted by molar-refractivity contribution is -0.0601. The van der Waals surface area contributed by atoms with Crippen molar-refractivity contribution in [2.24, 2.45) is 0 Å². The van der Waals surface area contributed by atoms with Crippen molar-refractivity contribution in [2.75, 3.05) is 24.7 Å². The highest BCUT2D eigenvalue weighted by Gasteiger charge is 2.36. The van der Waals surface area contributed by atoms with Gasteiger partial charge >= 0.3 is 0 Å². The van der Waals surface area contributed by atoms with Gasteiger partial charge in [-0.1, -0.05) is 0 Å². The van der Waals surface area contributed by atoms with Crippen LogP contribution in [0.15, 0.2) is 18.2 Å². The maximum absolute atomic E-state index is 5.72. The van der Waals surface area contributed by atoms with Crippen LogP contribution in [0.3, 0.4) is 0 Å². The van der Waals surface area contributed by atoms with Crippen molar-refractivity contribution >= 4 is 34.0 Å². The van der Waals surface area contributed by atoms with Gasteiger partial charge in [-0.3, -0.25) is 0 Å². The van der Waals surface area contributed by atoms with Gasteiger partial charge in [-0.2, -0.15) is 0 Å². The van der Waals surface area contributed by atoms with Crippen LogP contribution in [0.25, 0.3) is 0 Å². The first-order valence-corrected chi connectivity index (χ1v) is 6.57. The first-order chi connectivity index (χ1) is 7.65. The van der Waals surface area contributed by atoms with Gasteiger partial charge in [0.15, 0.2) is 0 Å². The smallest absolute Gasteiger partial charge is 0.0850 e. The lowest BCUT2D eigenvalue weighted by atomic mass is 9.80. The molecule has 0 unspecified atom stereocenters. The van der Waals surface area contributed by atoms with Crippen LogP contribution in [0, 0.1) is 3.57 Å². The zero-order valence-corrected chi connectivity index (χ0v) is 11.6. The molecule has 0 radical (unpaired) electrons. The average Bonchev–Trinajstić information content (AvgIpc) is 2.19. The quantitative estimate of drug-likeness (QED) is 0.658. The summed E-state index contributed by atoms with van der Waals surface area (Å²) in [6, 6.07) is 5.92. The summed E-state index contributed by atoms with van der Waals surface area (Å²) in [5.74, 6) is 0. The summed E-state index contributed by atoms with van der Waals surface area (Å²) in [6.45, 7) is 0.878. The topological polar surface area (TPSA) is 47.3 Å². The highest BCUT2D eigenvalue weighted by molar-refractivity contribution is 14.1. The highest BCUT2D eigenvalue weighted by Crippen LogP contribution is 2.35. The van der Waals surface area contributed by atoms with Crippen molar-refractivity contribution in [1.82, 2.24) is 0 Å². The number of nitrogens with two attached hydrogens (primary N) is 1. The Bertz CT molecular complexity index is 372. The van der Waals surface area contributed by atoms with E-state index in [2.05, 4.69) is 27.9 Å². The molecule has 88 valence electrons. The lowest BCUT2D eigenvalue weighted by Gasteiger charge is -2.40. The van der Waals surface area contributed by atoms with Gasteiger partial charge in [0.05, 0.1) is 5.60 Å². The fourth-order valence-electron chi connectivity index (χ4n) is 1.96. The van der Waals surface area contributed by atoms with E-state index in [1.54, 1.807) is 7.11 Å². The Hall–Kier alpha value is -0.490. The number of methoxy groups -OCH3 is 1. The largest absolute Gasteiger partial charge is 0.399 e. The van der Waals surface area contributed by atoms with Gasteiger partial charge in [-0.05, 0) is 60.1 Å². The molecule has 0 aliphatic heterocycles. The van der Waals surface area contributed by atoms with E-state index in [1.807, 2.05) is 18.2 Å². The molecule has 1 aliphatic rings. The predicted octanol–water partition coefficient (Wildman–Crippen LogP) is 2.85. The minimum absolute atomic E-state index is 0.0600. The van der Waals surface area contributed by atoms with Crippen molar-refractivity contribution in [3.63, 3.8) is 0 Å². The maximum Gasteiger partial charge on any atom is 0.0850 e. The van der Waals surface area contributed by atoms with E-state index in [1.165, 1.54) is 6.42 Å².